The van der Waals surface area contributed by atoms with Crippen LogP contribution in [0.5, 0.6) is 0 Å². The first-order valence-electron chi connectivity index (χ1n) is 6.47. The number of hydrogen-bond donors (Lipinski definition) is 3. The lowest BCUT2D eigenvalue weighted by molar-refractivity contribution is 0.0690. The highest BCUT2D eigenvalue weighted by atomic mass is 16.4. The van der Waals surface area contributed by atoms with Gasteiger partial charge in [-0.25, -0.2) is 9.78 Å². The number of nitrogens with two attached hydrogens (primary N) is 1. The Kier molecular flexibility index (Phi) is 4.10. The van der Waals surface area contributed by atoms with Crippen LogP contribution in [0.15, 0.2) is 12.1 Å². The van der Waals surface area contributed by atoms with Crippen LogP contribution in [-0.4, -0.2) is 65.4 Å². The van der Waals surface area contributed by atoms with Crippen molar-refractivity contribution in [3.63, 3.8) is 0 Å². The third-order valence-electron chi connectivity index (χ3n) is 3.36. The van der Waals surface area contributed by atoms with E-state index in [9.17, 15) is 9.90 Å². The van der Waals surface area contributed by atoms with E-state index in [0.717, 1.165) is 6.54 Å². The minimum absolute atomic E-state index is 0.0424. The first-order chi connectivity index (χ1) is 9.38. The summed E-state index contributed by atoms with van der Waals surface area (Å²) in [5.41, 5.74) is 6.30. The van der Waals surface area contributed by atoms with Gasteiger partial charge in [0.2, 0.25) is 0 Å². The number of carbonyl (C=O) groups is 1. The molecule has 4 N–H and O–H groups in total. The van der Waals surface area contributed by atoms with E-state index in [1.165, 1.54) is 6.07 Å². The molecular weight excluding hydrogens is 260 g/mol. The molecule has 110 valence electrons. The third kappa shape index (κ3) is 3.00. The van der Waals surface area contributed by atoms with Gasteiger partial charge in [-0.05, 0) is 32.6 Å². The summed E-state index contributed by atoms with van der Waals surface area (Å²) in [6, 6.07) is 3.00. The van der Waals surface area contributed by atoms with Crippen molar-refractivity contribution in [3.8, 4) is 0 Å². The molecule has 2 rings (SSSR count). The lowest BCUT2D eigenvalue weighted by Gasteiger charge is -2.28. The number of pyridine rings is 1. The Morgan fingerprint density at radius 2 is 2.25 bits per heavy atom. The van der Waals surface area contributed by atoms with E-state index in [4.69, 9.17) is 10.8 Å². The van der Waals surface area contributed by atoms with Crippen molar-refractivity contribution in [1.29, 1.82) is 0 Å². The van der Waals surface area contributed by atoms with Crippen LogP contribution in [0, 0.1) is 0 Å². The van der Waals surface area contributed by atoms with E-state index in [0.29, 0.717) is 24.5 Å². The topological polar surface area (TPSA) is 103 Å². The standard InChI is InChI=1S/C13H20N4O3/c1-16(2)6-8-5-9(18)7-17(8)12-10(14)3-4-11(15-12)13(19)20/h3-4,8-9,18H,5-7,14H2,1-2H3,(H,19,20). The third-order valence-corrected chi connectivity index (χ3v) is 3.36. The Morgan fingerprint density at radius 1 is 1.55 bits per heavy atom. The van der Waals surface area contributed by atoms with Crippen LogP contribution in [0.2, 0.25) is 0 Å². The second-order valence-electron chi connectivity index (χ2n) is 5.37. The highest BCUT2D eigenvalue weighted by molar-refractivity contribution is 5.87. The van der Waals surface area contributed by atoms with Crippen LogP contribution >= 0.6 is 0 Å². The van der Waals surface area contributed by atoms with Gasteiger partial charge in [0.15, 0.2) is 11.5 Å². The van der Waals surface area contributed by atoms with Gasteiger partial charge < -0.3 is 25.7 Å². The van der Waals surface area contributed by atoms with Crippen molar-refractivity contribution in [2.75, 3.05) is 37.8 Å². The van der Waals surface area contributed by atoms with E-state index >= 15 is 0 Å². The van der Waals surface area contributed by atoms with Crippen molar-refractivity contribution < 1.29 is 15.0 Å². The largest absolute Gasteiger partial charge is 0.477 e. The summed E-state index contributed by atoms with van der Waals surface area (Å²) in [4.78, 5) is 19.1. The van der Waals surface area contributed by atoms with Gasteiger partial charge in [-0.15, -0.1) is 0 Å². The molecule has 2 heterocycles. The van der Waals surface area contributed by atoms with Gasteiger partial charge in [0, 0.05) is 19.1 Å². The highest BCUT2D eigenvalue weighted by Gasteiger charge is 2.33. The first kappa shape index (κ1) is 14.5. The van der Waals surface area contributed by atoms with Crippen LogP contribution < -0.4 is 10.6 Å². The van der Waals surface area contributed by atoms with E-state index in [-0.39, 0.29) is 11.7 Å². The number of β-amino-alcohol motifs (C(OH)–C–C–N with tert-alkyl or cyclic N) is 1. The summed E-state index contributed by atoms with van der Waals surface area (Å²) >= 11 is 0. The molecule has 7 heteroatoms. The van der Waals surface area contributed by atoms with Gasteiger partial charge in [0.25, 0.3) is 0 Å². The van der Waals surface area contributed by atoms with Gasteiger partial charge in [0.05, 0.1) is 11.8 Å². The SMILES string of the molecule is CN(C)CC1CC(O)CN1c1nc(C(=O)O)ccc1N. The first-order valence-corrected chi connectivity index (χ1v) is 6.47. The number of carboxylic acids is 1. The molecule has 20 heavy (non-hydrogen) atoms. The van der Waals surface area contributed by atoms with Crippen molar-refractivity contribution in [2.45, 2.75) is 18.6 Å². The Morgan fingerprint density at radius 3 is 2.85 bits per heavy atom. The van der Waals surface area contributed by atoms with E-state index in [1.54, 1.807) is 6.07 Å². The van der Waals surface area contributed by atoms with Gasteiger partial charge in [-0.3, -0.25) is 0 Å². The van der Waals surface area contributed by atoms with Crippen molar-refractivity contribution >= 4 is 17.5 Å². The number of nitrogens with zero attached hydrogens (tertiary/aromatic N) is 3. The maximum absolute atomic E-state index is 11.0. The number of aliphatic hydroxyl groups excluding tert-OH is 1. The molecular formula is C13H20N4O3. The van der Waals surface area contributed by atoms with Crippen LogP contribution in [0.25, 0.3) is 0 Å². The Hall–Kier alpha value is -1.86. The Balaban J connectivity index is 2.33. The number of aliphatic hydroxyl groups is 1. The quantitative estimate of drug-likeness (QED) is 0.705. The van der Waals surface area contributed by atoms with Crippen LogP contribution in [-0.2, 0) is 0 Å². The summed E-state index contributed by atoms with van der Waals surface area (Å²) in [6.07, 6.45) is 0.172. The van der Waals surface area contributed by atoms with Crippen molar-refractivity contribution in [1.82, 2.24) is 9.88 Å². The van der Waals surface area contributed by atoms with Crippen LogP contribution in [0.4, 0.5) is 11.5 Å². The molecule has 2 atom stereocenters. The Labute approximate surface area is 117 Å². The number of likely N-dealkylation sites (N-methyl/N-ethyl adjacent to an activating group) is 1. The number of carboxylic acid groups (broad SMARTS) is 1. The highest BCUT2D eigenvalue weighted by Crippen LogP contribution is 2.29. The van der Waals surface area contributed by atoms with Gasteiger partial charge in [-0.1, -0.05) is 0 Å². The molecule has 0 bridgehead atoms. The molecule has 1 saturated heterocycles. The molecule has 0 amide bonds. The van der Waals surface area contributed by atoms with Gasteiger partial charge in [0.1, 0.15) is 0 Å². The number of rotatable bonds is 4. The normalized spacial score (nSPS) is 22.5. The maximum atomic E-state index is 11.0. The molecule has 1 fully saturated rings. The van der Waals surface area contributed by atoms with E-state index in [2.05, 4.69) is 4.98 Å². The number of anilines is 2. The molecule has 7 nitrogen and oxygen atoms in total. The number of aromatic nitrogens is 1. The molecule has 1 aliphatic rings. The molecule has 1 aromatic rings. The minimum atomic E-state index is -1.09. The predicted molar refractivity (Wildman–Crippen MR) is 75.9 cm³/mol. The fraction of sp³-hybridized carbons (Fsp3) is 0.538. The van der Waals surface area contributed by atoms with Crippen molar-refractivity contribution in [2.24, 2.45) is 0 Å². The van der Waals surface area contributed by atoms with Crippen LogP contribution in [0.1, 0.15) is 16.9 Å². The zero-order valence-corrected chi connectivity index (χ0v) is 11.7. The van der Waals surface area contributed by atoms with E-state index in [1.807, 2.05) is 23.9 Å². The molecule has 0 aromatic carbocycles. The zero-order chi connectivity index (χ0) is 14.9. The number of nitrogen functional groups attached to an aromatic ring is 1. The second kappa shape index (κ2) is 5.64. The fourth-order valence-electron chi connectivity index (χ4n) is 2.55. The fourth-order valence-corrected chi connectivity index (χ4v) is 2.55. The van der Waals surface area contributed by atoms with Gasteiger partial charge in [-0.2, -0.15) is 0 Å². The molecule has 1 aromatic heterocycles. The molecule has 2 unspecified atom stereocenters. The minimum Gasteiger partial charge on any atom is -0.477 e. The van der Waals surface area contributed by atoms with Crippen molar-refractivity contribution in [3.05, 3.63) is 17.8 Å². The molecule has 1 aliphatic heterocycles. The monoisotopic (exact) mass is 280 g/mol. The predicted octanol–water partition coefficient (Wildman–Crippen LogP) is -0.137. The summed E-state index contributed by atoms with van der Waals surface area (Å²) in [5, 5.41) is 18.9. The van der Waals surface area contributed by atoms with Crippen LogP contribution in [0.3, 0.4) is 0 Å². The average Bonchev–Trinajstić information content (AvgIpc) is 2.69. The van der Waals surface area contributed by atoms with Gasteiger partial charge >= 0.3 is 5.97 Å². The van der Waals surface area contributed by atoms with E-state index < -0.39 is 12.1 Å². The average molecular weight is 280 g/mol. The molecule has 0 spiro atoms. The second-order valence-corrected chi connectivity index (χ2v) is 5.37. The smallest absolute Gasteiger partial charge is 0.354 e. The lowest BCUT2D eigenvalue weighted by atomic mass is 10.2. The summed E-state index contributed by atoms with van der Waals surface area (Å²) < 4.78 is 0. The summed E-state index contributed by atoms with van der Waals surface area (Å²) in [5.74, 6) is -0.650. The number of hydrogen-bond acceptors (Lipinski definition) is 6. The molecule has 0 aliphatic carbocycles. The number of aromatic carboxylic acids is 1. The molecule has 0 radical (unpaired) electrons. The summed E-state index contributed by atoms with van der Waals surface area (Å²) in [7, 11) is 3.90. The summed E-state index contributed by atoms with van der Waals surface area (Å²) in [6.45, 7) is 1.16. The maximum Gasteiger partial charge on any atom is 0.354 e. The zero-order valence-electron chi connectivity index (χ0n) is 11.7. The molecule has 0 saturated carbocycles. The Bertz CT molecular complexity index is 506. The lowest BCUT2D eigenvalue weighted by Crippen LogP contribution is -2.38.